The fraction of sp³-hybridized carbons (Fsp3) is 0.462. The molecular formula is C13H19N3O4S. The van der Waals surface area contributed by atoms with E-state index in [1.807, 2.05) is 0 Å². The van der Waals surface area contributed by atoms with Crippen molar-refractivity contribution in [2.75, 3.05) is 18.9 Å². The highest BCUT2D eigenvalue weighted by molar-refractivity contribution is 7.89. The third-order valence-corrected chi connectivity index (χ3v) is 4.76. The highest BCUT2D eigenvalue weighted by Gasteiger charge is 2.29. The Morgan fingerprint density at radius 1 is 1.43 bits per heavy atom. The SMILES string of the molecule is CNS(=O)(=O)c1cccc(NC(=O)C2CCC(CN)O2)c1. The van der Waals surface area contributed by atoms with Crippen LogP contribution in [0.1, 0.15) is 12.8 Å². The number of ether oxygens (including phenoxy) is 1. The minimum Gasteiger partial charge on any atom is -0.364 e. The maximum absolute atomic E-state index is 12.1. The van der Waals surface area contributed by atoms with Gasteiger partial charge in [0.2, 0.25) is 10.0 Å². The van der Waals surface area contributed by atoms with Gasteiger partial charge in [-0.1, -0.05) is 6.07 Å². The summed E-state index contributed by atoms with van der Waals surface area (Å²) in [5, 5.41) is 2.67. The summed E-state index contributed by atoms with van der Waals surface area (Å²) in [7, 11) is -2.20. The molecule has 0 radical (unpaired) electrons. The number of amides is 1. The van der Waals surface area contributed by atoms with E-state index in [0.29, 0.717) is 18.7 Å². The van der Waals surface area contributed by atoms with Crippen LogP contribution in [0.25, 0.3) is 0 Å². The van der Waals surface area contributed by atoms with E-state index in [9.17, 15) is 13.2 Å². The summed E-state index contributed by atoms with van der Waals surface area (Å²) < 4.78 is 31.2. The molecule has 2 atom stereocenters. The Balaban J connectivity index is 2.07. The van der Waals surface area contributed by atoms with Crippen molar-refractivity contribution in [1.82, 2.24) is 4.72 Å². The van der Waals surface area contributed by atoms with Crippen LogP contribution in [0, 0.1) is 0 Å². The molecule has 2 unspecified atom stereocenters. The normalized spacial score (nSPS) is 22.2. The summed E-state index contributed by atoms with van der Waals surface area (Å²) in [5.74, 6) is -0.287. The number of rotatable bonds is 5. The Bertz CT molecular complexity index is 618. The first-order valence-electron chi connectivity index (χ1n) is 6.66. The predicted octanol–water partition coefficient (Wildman–Crippen LogP) is 0.0395. The van der Waals surface area contributed by atoms with Gasteiger partial charge in [0.15, 0.2) is 0 Å². The van der Waals surface area contributed by atoms with E-state index < -0.39 is 16.1 Å². The van der Waals surface area contributed by atoms with Gasteiger partial charge in [0.05, 0.1) is 11.0 Å². The summed E-state index contributed by atoms with van der Waals surface area (Å²) in [5.41, 5.74) is 5.91. The van der Waals surface area contributed by atoms with Gasteiger partial charge in [-0.25, -0.2) is 13.1 Å². The predicted molar refractivity (Wildman–Crippen MR) is 78.3 cm³/mol. The lowest BCUT2D eigenvalue weighted by Crippen LogP contribution is -2.29. The van der Waals surface area contributed by atoms with Gasteiger partial charge in [0, 0.05) is 12.2 Å². The Kier molecular flexibility index (Phi) is 4.94. The van der Waals surface area contributed by atoms with Crippen molar-refractivity contribution in [3.05, 3.63) is 24.3 Å². The molecule has 0 spiro atoms. The van der Waals surface area contributed by atoms with Gasteiger partial charge in [0.1, 0.15) is 6.10 Å². The topological polar surface area (TPSA) is 111 Å². The minimum atomic E-state index is -3.54. The monoisotopic (exact) mass is 313 g/mol. The van der Waals surface area contributed by atoms with Crippen molar-refractivity contribution in [2.45, 2.75) is 29.9 Å². The average molecular weight is 313 g/mol. The number of hydrogen-bond donors (Lipinski definition) is 3. The third kappa shape index (κ3) is 3.79. The lowest BCUT2D eigenvalue weighted by molar-refractivity contribution is -0.126. The zero-order valence-electron chi connectivity index (χ0n) is 11.7. The standard InChI is InChI=1S/C13H19N3O4S/c1-15-21(18,19)11-4-2-3-9(7-11)16-13(17)12-6-5-10(8-14)20-12/h2-4,7,10,12,15H,5-6,8,14H2,1H3,(H,16,17). The molecule has 1 saturated heterocycles. The summed E-state index contributed by atoms with van der Waals surface area (Å²) in [6, 6.07) is 6.05. The van der Waals surface area contributed by atoms with Crippen molar-refractivity contribution in [3.8, 4) is 0 Å². The smallest absolute Gasteiger partial charge is 0.253 e. The molecule has 0 bridgehead atoms. The number of hydrogen-bond acceptors (Lipinski definition) is 5. The van der Waals surface area contributed by atoms with Crippen LogP contribution in [0.5, 0.6) is 0 Å². The Hall–Kier alpha value is -1.48. The lowest BCUT2D eigenvalue weighted by atomic mass is 10.2. The third-order valence-electron chi connectivity index (χ3n) is 3.34. The van der Waals surface area contributed by atoms with Crippen molar-refractivity contribution in [3.63, 3.8) is 0 Å². The minimum absolute atomic E-state index is 0.0863. The van der Waals surface area contributed by atoms with Gasteiger partial charge in [-0.15, -0.1) is 0 Å². The summed E-state index contributed by atoms with van der Waals surface area (Å²) in [6.45, 7) is 0.389. The summed E-state index contributed by atoms with van der Waals surface area (Å²) in [4.78, 5) is 12.2. The quantitative estimate of drug-likeness (QED) is 0.711. The van der Waals surface area contributed by atoms with Gasteiger partial charge in [-0.05, 0) is 38.1 Å². The second-order valence-electron chi connectivity index (χ2n) is 4.78. The number of sulfonamides is 1. The average Bonchev–Trinajstić information content (AvgIpc) is 2.96. The highest BCUT2D eigenvalue weighted by Crippen LogP contribution is 2.21. The number of anilines is 1. The van der Waals surface area contributed by atoms with E-state index in [2.05, 4.69) is 10.0 Å². The van der Waals surface area contributed by atoms with E-state index in [0.717, 1.165) is 6.42 Å². The van der Waals surface area contributed by atoms with Crippen molar-refractivity contribution in [2.24, 2.45) is 5.73 Å². The van der Waals surface area contributed by atoms with Crippen LogP contribution in [0.3, 0.4) is 0 Å². The molecule has 1 aromatic rings. The molecule has 1 amide bonds. The van der Waals surface area contributed by atoms with Gasteiger partial charge in [-0.3, -0.25) is 4.79 Å². The van der Waals surface area contributed by atoms with Gasteiger partial charge < -0.3 is 15.8 Å². The molecule has 0 aliphatic carbocycles. The Labute approximate surface area is 123 Å². The number of benzene rings is 1. The van der Waals surface area contributed by atoms with Gasteiger partial charge in [-0.2, -0.15) is 0 Å². The molecular weight excluding hydrogens is 294 g/mol. The molecule has 7 nitrogen and oxygen atoms in total. The zero-order chi connectivity index (χ0) is 15.5. The molecule has 1 aromatic carbocycles. The first-order valence-corrected chi connectivity index (χ1v) is 8.14. The fourth-order valence-corrected chi connectivity index (χ4v) is 2.93. The van der Waals surface area contributed by atoms with E-state index in [1.165, 1.54) is 19.2 Å². The second kappa shape index (κ2) is 6.52. The fourth-order valence-electron chi connectivity index (χ4n) is 2.15. The molecule has 1 heterocycles. The highest BCUT2D eigenvalue weighted by atomic mass is 32.2. The Morgan fingerprint density at radius 3 is 2.81 bits per heavy atom. The van der Waals surface area contributed by atoms with E-state index in [1.54, 1.807) is 12.1 Å². The molecule has 2 rings (SSSR count). The van der Waals surface area contributed by atoms with Crippen molar-refractivity contribution >= 4 is 21.6 Å². The number of carbonyl (C=O) groups is 1. The molecule has 1 fully saturated rings. The van der Waals surface area contributed by atoms with Crippen LogP contribution in [0.4, 0.5) is 5.69 Å². The summed E-state index contributed by atoms with van der Waals surface area (Å²) in [6.07, 6.45) is 0.741. The molecule has 1 aliphatic heterocycles. The van der Waals surface area contributed by atoms with Crippen molar-refractivity contribution < 1.29 is 17.9 Å². The van der Waals surface area contributed by atoms with E-state index in [4.69, 9.17) is 10.5 Å². The Morgan fingerprint density at radius 2 is 2.19 bits per heavy atom. The van der Waals surface area contributed by atoms with Crippen LogP contribution < -0.4 is 15.8 Å². The van der Waals surface area contributed by atoms with Gasteiger partial charge >= 0.3 is 0 Å². The van der Waals surface area contributed by atoms with E-state index >= 15 is 0 Å². The van der Waals surface area contributed by atoms with Crippen molar-refractivity contribution in [1.29, 1.82) is 0 Å². The first-order chi connectivity index (χ1) is 9.96. The molecule has 0 saturated carbocycles. The molecule has 21 heavy (non-hydrogen) atoms. The van der Waals surface area contributed by atoms with Crippen LogP contribution in [-0.2, 0) is 19.6 Å². The lowest BCUT2D eigenvalue weighted by Gasteiger charge is -2.13. The molecule has 4 N–H and O–H groups in total. The molecule has 0 aromatic heterocycles. The van der Waals surface area contributed by atoms with Crippen LogP contribution in [0.15, 0.2) is 29.2 Å². The maximum atomic E-state index is 12.1. The number of nitrogens with two attached hydrogens (primary N) is 1. The van der Waals surface area contributed by atoms with E-state index in [-0.39, 0.29) is 16.9 Å². The van der Waals surface area contributed by atoms with Crippen LogP contribution in [-0.4, -0.2) is 40.1 Å². The zero-order valence-corrected chi connectivity index (χ0v) is 12.5. The van der Waals surface area contributed by atoms with Crippen LogP contribution in [0.2, 0.25) is 0 Å². The number of nitrogens with one attached hydrogen (secondary N) is 2. The number of carbonyl (C=O) groups excluding carboxylic acids is 1. The van der Waals surface area contributed by atoms with Gasteiger partial charge in [0.25, 0.3) is 5.91 Å². The second-order valence-corrected chi connectivity index (χ2v) is 6.67. The maximum Gasteiger partial charge on any atom is 0.253 e. The largest absolute Gasteiger partial charge is 0.364 e. The first kappa shape index (κ1) is 15.9. The molecule has 116 valence electrons. The van der Waals surface area contributed by atoms with Crippen LogP contribution >= 0.6 is 0 Å². The molecule has 1 aliphatic rings. The summed E-state index contributed by atoms with van der Waals surface area (Å²) >= 11 is 0. The molecule has 8 heteroatoms.